The van der Waals surface area contributed by atoms with Gasteiger partial charge < -0.3 is 15.4 Å². The minimum absolute atomic E-state index is 0.215. The smallest absolute Gasteiger partial charge is 0.131 e. The van der Waals surface area contributed by atoms with Gasteiger partial charge in [0, 0.05) is 24.7 Å². The zero-order valence-corrected chi connectivity index (χ0v) is 9.87. The van der Waals surface area contributed by atoms with E-state index in [1.54, 1.807) is 12.1 Å². The fourth-order valence-corrected chi connectivity index (χ4v) is 1.35. The molecule has 0 saturated carbocycles. The highest BCUT2D eigenvalue weighted by molar-refractivity contribution is 5.28. The fraction of sp³-hybridized carbons (Fsp3) is 0.500. The van der Waals surface area contributed by atoms with Crippen LogP contribution < -0.4 is 10.5 Å². The van der Waals surface area contributed by atoms with Crippen molar-refractivity contribution < 1.29 is 9.13 Å². The normalized spacial score (nSPS) is 10.8. The van der Waals surface area contributed by atoms with Gasteiger partial charge in [0.2, 0.25) is 0 Å². The number of rotatable bonds is 6. The molecule has 0 atom stereocenters. The van der Waals surface area contributed by atoms with Crippen molar-refractivity contribution in [2.75, 3.05) is 27.2 Å². The first-order chi connectivity index (χ1) is 7.63. The Hall–Kier alpha value is -1.13. The summed E-state index contributed by atoms with van der Waals surface area (Å²) in [6.45, 7) is 1.77. The van der Waals surface area contributed by atoms with Crippen LogP contribution in [0.25, 0.3) is 0 Å². The fourth-order valence-electron chi connectivity index (χ4n) is 1.35. The first kappa shape index (κ1) is 12.9. The van der Waals surface area contributed by atoms with Gasteiger partial charge in [-0.2, -0.15) is 0 Å². The van der Waals surface area contributed by atoms with E-state index < -0.39 is 0 Å². The van der Waals surface area contributed by atoms with Gasteiger partial charge in [0.1, 0.15) is 11.6 Å². The van der Waals surface area contributed by atoms with Crippen LogP contribution in [0.2, 0.25) is 0 Å². The van der Waals surface area contributed by atoms with E-state index in [4.69, 9.17) is 10.5 Å². The summed E-state index contributed by atoms with van der Waals surface area (Å²) < 4.78 is 18.7. The van der Waals surface area contributed by atoms with Gasteiger partial charge in [-0.05, 0) is 26.6 Å². The number of halogens is 1. The predicted molar refractivity (Wildman–Crippen MR) is 63.0 cm³/mol. The molecule has 0 aromatic heterocycles. The quantitative estimate of drug-likeness (QED) is 0.749. The van der Waals surface area contributed by atoms with Gasteiger partial charge in [0.25, 0.3) is 0 Å². The Kier molecular flexibility index (Phi) is 5.22. The average Bonchev–Trinajstić information content (AvgIpc) is 2.24. The van der Waals surface area contributed by atoms with E-state index in [0.717, 1.165) is 13.0 Å². The molecule has 16 heavy (non-hydrogen) atoms. The lowest BCUT2D eigenvalue weighted by Crippen LogP contribution is -2.15. The van der Waals surface area contributed by atoms with Gasteiger partial charge in [-0.3, -0.25) is 0 Å². The first-order valence-electron chi connectivity index (χ1n) is 5.39. The van der Waals surface area contributed by atoms with Crippen LogP contribution in [0.3, 0.4) is 0 Å². The lowest BCUT2D eigenvalue weighted by molar-refractivity contribution is 0.280. The molecule has 0 bridgehead atoms. The lowest BCUT2D eigenvalue weighted by atomic mass is 10.2. The van der Waals surface area contributed by atoms with Crippen molar-refractivity contribution in [2.45, 2.75) is 13.0 Å². The predicted octanol–water partition coefficient (Wildman–Crippen LogP) is 1.61. The molecule has 0 spiro atoms. The monoisotopic (exact) mass is 226 g/mol. The molecule has 4 heteroatoms. The van der Waals surface area contributed by atoms with Crippen molar-refractivity contribution in [3.8, 4) is 5.75 Å². The number of nitrogens with zero attached hydrogens (tertiary/aromatic N) is 1. The van der Waals surface area contributed by atoms with E-state index in [1.165, 1.54) is 6.07 Å². The summed E-state index contributed by atoms with van der Waals surface area (Å²) in [5.74, 6) is 0.265. The third-order valence-electron chi connectivity index (χ3n) is 2.26. The summed E-state index contributed by atoms with van der Waals surface area (Å²) in [6, 6.07) is 4.80. The van der Waals surface area contributed by atoms with Crippen LogP contribution in [0.15, 0.2) is 18.2 Å². The number of ether oxygens (including phenoxy) is 1. The number of hydrogen-bond donors (Lipinski definition) is 1. The Morgan fingerprint density at radius 2 is 2.12 bits per heavy atom. The van der Waals surface area contributed by atoms with Crippen LogP contribution in [0.5, 0.6) is 5.75 Å². The molecule has 0 radical (unpaired) electrons. The molecule has 0 fully saturated rings. The van der Waals surface area contributed by atoms with Crippen molar-refractivity contribution in [1.29, 1.82) is 0 Å². The van der Waals surface area contributed by atoms with E-state index in [1.807, 2.05) is 14.1 Å². The Balaban J connectivity index is 2.40. The Morgan fingerprint density at radius 3 is 2.69 bits per heavy atom. The minimum atomic E-state index is -0.299. The molecule has 0 aliphatic carbocycles. The van der Waals surface area contributed by atoms with Gasteiger partial charge in [0.15, 0.2) is 0 Å². The topological polar surface area (TPSA) is 38.5 Å². The van der Waals surface area contributed by atoms with Crippen LogP contribution in [0.1, 0.15) is 12.0 Å². The minimum Gasteiger partial charge on any atom is -0.493 e. The van der Waals surface area contributed by atoms with E-state index in [9.17, 15) is 4.39 Å². The summed E-state index contributed by atoms with van der Waals surface area (Å²) in [4.78, 5) is 2.08. The van der Waals surface area contributed by atoms with Crippen LogP contribution >= 0.6 is 0 Å². The maximum atomic E-state index is 13.3. The molecule has 0 amide bonds. The average molecular weight is 226 g/mol. The molecule has 1 aromatic carbocycles. The molecule has 90 valence electrons. The van der Waals surface area contributed by atoms with Gasteiger partial charge in [-0.1, -0.05) is 6.07 Å². The Labute approximate surface area is 96.0 Å². The molecule has 3 nitrogen and oxygen atoms in total. The van der Waals surface area contributed by atoms with E-state index in [2.05, 4.69) is 4.90 Å². The van der Waals surface area contributed by atoms with Gasteiger partial charge in [0.05, 0.1) is 6.61 Å². The number of nitrogens with two attached hydrogens (primary N) is 1. The summed E-state index contributed by atoms with van der Waals surface area (Å²) in [7, 11) is 4.02. The van der Waals surface area contributed by atoms with Gasteiger partial charge in [-0.25, -0.2) is 4.39 Å². The van der Waals surface area contributed by atoms with Crippen LogP contribution in [0.4, 0.5) is 4.39 Å². The summed E-state index contributed by atoms with van der Waals surface area (Å²) in [6.07, 6.45) is 0.924. The highest BCUT2D eigenvalue weighted by atomic mass is 19.1. The third kappa shape index (κ3) is 4.16. The van der Waals surface area contributed by atoms with Crippen molar-refractivity contribution >= 4 is 0 Å². The largest absolute Gasteiger partial charge is 0.493 e. The third-order valence-corrected chi connectivity index (χ3v) is 2.26. The molecule has 0 heterocycles. The Bertz CT molecular complexity index is 329. The first-order valence-corrected chi connectivity index (χ1v) is 5.39. The van der Waals surface area contributed by atoms with Crippen LogP contribution in [-0.4, -0.2) is 32.1 Å². The zero-order valence-electron chi connectivity index (χ0n) is 9.87. The van der Waals surface area contributed by atoms with Crippen LogP contribution in [-0.2, 0) is 6.54 Å². The maximum Gasteiger partial charge on any atom is 0.131 e. The molecule has 0 aliphatic heterocycles. The van der Waals surface area contributed by atoms with Crippen molar-refractivity contribution in [1.82, 2.24) is 4.90 Å². The Morgan fingerprint density at radius 1 is 1.38 bits per heavy atom. The highest BCUT2D eigenvalue weighted by Crippen LogP contribution is 2.16. The van der Waals surface area contributed by atoms with Crippen molar-refractivity contribution in [2.24, 2.45) is 5.73 Å². The second-order valence-electron chi connectivity index (χ2n) is 3.96. The highest BCUT2D eigenvalue weighted by Gasteiger charge is 2.02. The lowest BCUT2D eigenvalue weighted by Gasteiger charge is -2.10. The van der Waals surface area contributed by atoms with Crippen molar-refractivity contribution in [3.63, 3.8) is 0 Å². The molecular formula is C12H19FN2O. The van der Waals surface area contributed by atoms with Gasteiger partial charge >= 0.3 is 0 Å². The molecule has 0 saturated heterocycles. The summed E-state index contributed by atoms with van der Waals surface area (Å²) in [5.41, 5.74) is 5.88. The van der Waals surface area contributed by atoms with Crippen molar-refractivity contribution in [3.05, 3.63) is 29.6 Å². The summed E-state index contributed by atoms with van der Waals surface area (Å²) >= 11 is 0. The second-order valence-corrected chi connectivity index (χ2v) is 3.96. The summed E-state index contributed by atoms with van der Waals surface area (Å²) in [5, 5.41) is 0. The van der Waals surface area contributed by atoms with E-state index in [-0.39, 0.29) is 12.4 Å². The molecule has 1 rings (SSSR count). The molecular weight excluding hydrogens is 207 g/mol. The molecule has 1 aromatic rings. The van der Waals surface area contributed by atoms with E-state index >= 15 is 0 Å². The maximum absolute atomic E-state index is 13.3. The standard InChI is InChI=1S/C12H19FN2O/c1-15(2)6-3-7-16-11-5-4-10(9-14)12(13)8-11/h4-5,8H,3,6-7,9,14H2,1-2H3. The number of hydrogen-bond acceptors (Lipinski definition) is 3. The molecule has 2 N–H and O–H groups in total. The van der Waals surface area contributed by atoms with E-state index in [0.29, 0.717) is 17.9 Å². The second kappa shape index (κ2) is 6.45. The molecule has 0 aliphatic rings. The zero-order chi connectivity index (χ0) is 12.0. The van der Waals surface area contributed by atoms with Crippen LogP contribution in [0, 0.1) is 5.82 Å². The SMILES string of the molecule is CN(C)CCCOc1ccc(CN)c(F)c1. The number of benzene rings is 1. The molecule has 0 unspecified atom stereocenters. The van der Waals surface area contributed by atoms with Gasteiger partial charge in [-0.15, -0.1) is 0 Å².